The normalized spacial score (nSPS) is 14.9. The summed E-state index contributed by atoms with van der Waals surface area (Å²) in [6, 6.07) is 6.13. The molecule has 8 heteroatoms. The Bertz CT molecular complexity index is 1050. The molecule has 1 aliphatic heterocycles. The zero-order valence-electron chi connectivity index (χ0n) is 16.8. The number of fused-ring (bicyclic) bond motifs is 1. The van der Waals surface area contributed by atoms with Gasteiger partial charge in [-0.2, -0.15) is 0 Å². The van der Waals surface area contributed by atoms with Crippen molar-refractivity contribution in [3.63, 3.8) is 0 Å². The maximum Gasteiger partial charge on any atom is 0.341 e. The third-order valence-corrected chi connectivity index (χ3v) is 7.84. The molecule has 0 spiro atoms. The highest BCUT2D eigenvalue weighted by atomic mass is 32.2. The highest BCUT2D eigenvalue weighted by Gasteiger charge is 2.31. The molecule has 29 heavy (non-hydrogen) atoms. The van der Waals surface area contributed by atoms with E-state index < -0.39 is 15.8 Å². The van der Waals surface area contributed by atoms with Gasteiger partial charge in [0.25, 0.3) is 0 Å². The van der Waals surface area contributed by atoms with Crippen molar-refractivity contribution >= 4 is 38.1 Å². The Morgan fingerprint density at radius 2 is 2.00 bits per heavy atom. The lowest BCUT2D eigenvalue weighted by Crippen LogP contribution is -2.20. The van der Waals surface area contributed by atoms with Gasteiger partial charge in [0, 0.05) is 11.3 Å². The standard InChI is InChI=1S/C21H25NO5S2/c1-4-27-21(24)19-16-9-10-29(25,26)12-17(16)28-20(19)22-18(23)8-7-15-6-5-13(2)11-14(15)3/h5-6,11H,4,7-10,12H2,1-3H3,(H,22,23). The van der Waals surface area contributed by atoms with Gasteiger partial charge < -0.3 is 10.1 Å². The van der Waals surface area contributed by atoms with Crippen molar-refractivity contribution in [3.05, 3.63) is 50.9 Å². The largest absolute Gasteiger partial charge is 0.462 e. The van der Waals surface area contributed by atoms with Gasteiger partial charge in [-0.15, -0.1) is 11.3 Å². The fourth-order valence-corrected chi connectivity index (χ4v) is 6.55. The van der Waals surface area contributed by atoms with Crippen LogP contribution in [-0.4, -0.2) is 32.7 Å². The summed E-state index contributed by atoms with van der Waals surface area (Å²) in [6.07, 6.45) is 1.12. The summed E-state index contributed by atoms with van der Waals surface area (Å²) in [5.41, 5.74) is 4.42. The monoisotopic (exact) mass is 435 g/mol. The topological polar surface area (TPSA) is 89.5 Å². The van der Waals surface area contributed by atoms with Gasteiger partial charge >= 0.3 is 5.97 Å². The molecular formula is C21H25NO5S2. The highest BCUT2D eigenvalue weighted by Crippen LogP contribution is 2.38. The molecule has 1 aromatic heterocycles. The Kier molecular flexibility index (Phi) is 6.43. The van der Waals surface area contributed by atoms with Crippen LogP contribution in [0.25, 0.3) is 0 Å². The molecule has 3 rings (SSSR count). The zero-order chi connectivity index (χ0) is 21.2. The number of rotatable bonds is 6. The third kappa shape index (κ3) is 5.05. The quantitative estimate of drug-likeness (QED) is 0.701. The van der Waals surface area contributed by atoms with E-state index in [-0.39, 0.29) is 36.9 Å². The van der Waals surface area contributed by atoms with E-state index in [2.05, 4.69) is 11.4 Å². The van der Waals surface area contributed by atoms with Gasteiger partial charge in [0.15, 0.2) is 9.84 Å². The van der Waals surface area contributed by atoms with E-state index in [1.165, 1.54) is 5.56 Å². The average Bonchev–Trinajstić information content (AvgIpc) is 2.96. The van der Waals surface area contributed by atoms with Crippen LogP contribution in [0.2, 0.25) is 0 Å². The molecule has 0 saturated heterocycles. The molecule has 2 heterocycles. The molecule has 6 nitrogen and oxygen atoms in total. The first-order valence-electron chi connectivity index (χ1n) is 9.58. The maximum absolute atomic E-state index is 12.6. The summed E-state index contributed by atoms with van der Waals surface area (Å²) >= 11 is 1.16. The first-order chi connectivity index (χ1) is 13.7. The highest BCUT2D eigenvalue weighted by molar-refractivity contribution is 7.90. The molecule has 2 aromatic rings. The van der Waals surface area contributed by atoms with Crippen LogP contribution in [0.1, 0.15) is 50.8 Å². The van der Waals surface area contributed by atoms with Crippen molar-refractivity contribution in [1.82, 2.24) is 0 Å². The third-order valence-electron chi connectivity index (χ3n) is 4.96. The number of anilines is 1. The average molecular weight is 436 g/mol. The maximum atomic E-state index is 12.6. The molecule has 1 N–H and O–H groups in total. The minimum Gasteiger partial charge on any atom is -0.462 e. The molecule has 156 valence electrons. The van der Waals surface area contributed by atoms with Crippen molar-refractivity contribution in [2.75, 3.05) is 17.7 Å². The van der Waals surface area contributed by atoms with Crippen molar-refractivity contribution < 1.29 is 22.7 Å². The van der Waals surface area contributed by atoms with Crippen molar-refractivity contribution in [3.8, 4) is 0 Å². The van der Waals surface area contributed by atoms with Gasteiger partial charge in [0.1, 0.15) is 5.00 Å². The zero-order valence-corrected chi connectivity index (χ0v) is 18.5. The summed E-state index contributed by atoms with van der Waals surface area (Å²) in [6.45, 7) is 5.97. The van der Waals surface area contributed by atoms with Crippen LogP contribution in [-0.2, 0) is 38.0 Å². The Morgan fingerprint density at radius 1 is 1.24 bits per heavy atom. The van der Waals surface area contributed by atoms with Crippen molar-refractivity contribution in [2.45, 2.75) is 45.8 Å². The summed E-state index contributed by atoms with van der Waals surface area (Å²) in [4.78, 5) is 25.7. The molecule has 0 unspecified atom stereocenters. The summed E-state index contributed by atoms with van der Waals surface area (Å²) in [7, 11) is -3.18. The number of thiophene rings is 1. The van der Waals surface area contributed by atoms with E-state index >= 15 is 0 Å². The molecule has 1 aromatic carbocycles. The number of benzene rings is 1. The molecule has 1 amide bonds. The Morgan fingerprint density at radius 3 is 2.69 bits per heavy atom. The number of carbonyl (C=O) groups is 2. The Hall–Kier alpha value is -2.19. The van der Waals surface area contributed by atoms with Gasteiger partial charge in [-0.1, -0.05) is 23.8 Å². The second-order valence-corrected chi connectivity index (χ2v) is 10.5. The second-order valence-electron chi connectivity index (χ2n) is 7.25. The first kappa shape index (κ1) is 21.5. The number of hydrogen-bond acceptors (Lipinski definition) is 6. The van der Waals surface area contributed by atoms with Crippen LogP contribution in [0.5, 0.6) is 0 Å². The van der Waals surface area contributed by atoms with Gasteiger partial charge in [-0.25, -0.2) is 13.2 Å². The molecule has 0 bridgehead atoms. The number of hydrogen-bond donors (Lipinski definition) is 1. The van der Waals surface area contributed by atoms with E-state index in [4.69, 9.17) is 4.74 Å². The van der Waals surface area contributed by atoms with Crippen LogP contribution in [0, 0.1) is 13.8 Å². The summed E-state index contributed by atoms with van der Waals surface area (Å²) < 4.78 is 29.1. The number of carbonyl (C=O) groups excluding carboxylic acids is 2. The predicted molar refractivity (Wildman–Crippen MR) is 114 cm³/mol. The minimum absolute atomic E-state index is 0.00320. The Labute approximate surface area is 175 Å². The number of ether oxygens (including phenoxy) is 1. The molecule has 1 aliphatic rings. The smallest absolute Gasteiger partial charge is 0.341 e. The number of sulfone groups is 1. The van der Waals surface area contributed by atoms with E-state index in [0.717, 1.165) is 22.5 Å². The molecule has 0 radical (unpaired) electrons. The van der Waals surface area contributed by atoms with Crippen LogP contribution in [0.3, 0.4) is 0 Å². The number of esters is 1. The van der Waals surface area contributed by atoms with E-state index in [9.17, 15) is 18.0 Å². The fourth-order valence-electron chi connectivity index (χ4n) is 3.49. The van der Waals surface area contributed by atoms with Crippen molar-refractivity contribution in [2.24, 2.45) is 0 Å². The van der Waals surface area contributed by atoms with Gasteiger partial charge in [0.05, 0.1) is 23.7 Å². The lowest BCUT2D eigenvalue weighted by molar-refractivity contribution is -0.116. The minimum atomic E-state index is -3.18. The lowest BCUT2D eigenvalue weighted by atomic mass is 10.0. The fraction of sp³-hybridized carbons (Fsp3) is 0.429. The van der Waals surface area contributed by atoms with Crippen LogP contribution in [0.15, 0.2) is 18.2 Å². The predicted octanol–water partition coefficient (Wildman–Crippen LogP) is 3.58. The molecule has 0 aliphatic carbocycles. The Balaban J connectivity index is 1.79. The SMILES string of the molecule is CCOC(=O)c1c(NC(=O)CCc2ccc(C)cc2C)sc2c1CCS(=O)(=O)C2. The van der Waals surface area contributed by atoms with Gasteiger partial charge in [-0.05, 0) is 50.3 Å². The number of aryl methyl sites for hydroxylation is 3. The molecular weight excluding hydrogens is 410 g/mol. The number of nitrogens with one attached hydrogen (secondary N) is 1. The van der Waals surface area contributed by atoms with E-state index in [1.54, 1.807) is 6.92 Å². The summed E-state index contributed by atoms with van der Waals surface area (Å²) in [5, 5.41) is 3.20. The molecule has 0 fully saturated rings. The molecule has 0 saturated carbocycles. The van der Waals surface area contributed by atoms with Gasteiger partial charge in [-0.3, -0.25) is 4.79 Å². The first-order valence-corrected chi connectivity index (χ1v) is 12.2. The summed E-state index contributed by atoms with van der Waals surface area (Å²) in [5.74, 6) is -0.827. The van der Waals surface area contributed by atoms with Gasteiger partial charge in [0.2, 0.25) is 5.91 Å². The van der Waals surface area contributed by atoms with E-state index in [0.29, 0.717) is 27.4 Å². The number of amides is 1. The van der Waals surface area contributed by atoms with Crippen LogP contribution < -0.4 is 5.32 Å². The van der Waals surface area contributed by atoms with Crippen LogP contribution >= 0.6 is 11.3 Å². The van der Waals surface area contributed by atoms with Crippen molar-refractivity contribution in [1.29, 1.82) is 0 Å². The second kappa shape index (κ2) is 8.67. The van der Waals surface area contributed by atoms with Crippen LogP contribution in [0.4, 0.5) is 5.00 Å². The van der Waals surface area contributed by atoms with E-state index in [1.807, 2.05) is 26.0 Å². The molecule has 0 atom stereocenters. The lowest BCUT2D eigenvalue weighted by Gasteiger charge is -2.13.